The summed E-state index contributed by atoms with van der Waals surface area (Å²) in [5.41, 5.74) is 2.28. The van der Waals surface area contributed by atoms with Gasteiger partial charge in [-0.2, -0.15) is 0 Å². The van der Waals surface area contributed by atoms with Gasteiger partial charge < -0.3 is 10.1 Å². The molecule has 0 saturated heterocycles. The van der Waals surface area contributed by atoms with Crippen LogP contribution in [0, 0.1) is 17.8 Å². The number of carbonyl (C=O) groups excluding carboxylic acids is 3. The van der Waals surface area contributed by atoms with Gasteiger partial charge in [0.05, 0.1) is 11.8 Å². The summed E-state index contributed by atoms with van der Waals surface area (Å²) in [6.07, 6.45) is 5.76. The molecule has 0 aromatic heterocycles. The zero-order chi connectivity index (χ0) is 22.8. The molecule has 3 atom stereocenters. The first-order valence-electron chi connectivity index (χ1n) is 11.0. The van der Waals surface area contributed by atoms with Gasteiger partial charge in [-0.05, 0) is 50.0 Å². The van der Waals surface area contributed by atoms with Crippen molar-refractivity contribution in [1.82, 2.24) is 10.8 Å². The number of hydrogen-bond acceptors (Lipinski definition) is 5. The predicted molar refractivity (Wildman–Crippen MR) is 117 cm³/mol. The summed E-state index contributed by atoms with van der Waals surface area (Å²) >= 11 is 0. The standard InChI is InChI=1S/C24H34N2O5/c1-4-10-19(23(28)26-30)20(15-16(2)3)22(27)25-21(17-11-6-5-7-12-17)24(29)31-18-13-8-9-14-18/h4-7,11-12,16,18-21,30H,1,8-10,13-15H2,2-3H3,(H,25,27)(H,26,28)/t19-,20+,21?/m0/s1. The number of rotatable bonds is 11. The fraction of sp³-hybridized carbons (Fsp3) is 0.542. The van der Waals surface area contributed by atoms with Crippen molar-refractivity contribution < 1.29 is 24.3 Å². The summed E-state index contributed by atoms with van der Waals surface area (Å²) in [7, 11) is 0. The molecule has 3 N–H and O–H groups in total. The number of hydroxylamine groups is 1. The van der Waals surface area contributed by atoms with Crippen molar-refractivity contribution in [3.63, 3.8) is 0 Å². The van der Waals surface area contributed by atoms with Gasteiger partial charge in [-0.25, -0.2) is 10.3 Å². The van der Waals surface area contributed by atoms with E-state index in [2.05, 4.69) is 11.9 Å². The molecule has 1 aromatic carbocycles. The zero-order valence-electron chi connectivity index (χ0n) is 18.4. The molecule has 2 amide bonds. The smallest absolute Gasteiger partial charge is 0.333 e. The zero-order valence-corrected chi connectivity index (χ0v) is 18.4. The summed E-state index contributed by atoms with van der Waals surface area (Å²) in [6.45, 7) is 7.56. The molecule has 0 radical (unpaired) electrons. The van der Waals surface area contributed by atoms with Crippen LogP contribution in [0.1, 0.15) is 64.0 Å². The lowest BCUT2D eigenvalue weighted by molar-refractivity contribution is -0.153. The van der Waals surface area contributed by atoms with Crippen LogP contribution in [0.2, 0.25) is 0 Å². The van der Waals surface area contributed by atoms with E-state index in [4.69, 9.17) is 9.94 Å². The molecular formula is C24H34N2O5. The van der Waals surface area contributed by atoms with Crippen molar-refractivity contribution in [2.75, 3.05) is 0 Å². The highest BCUT2D eigenvalue weighted by Crippen LogP contribution is 2.28. The summed E-state index contributed by atoms with van der Waals surface area (Å²) in [4.78, 5) is 38.6. The Hall–Kier alpha value is -2.67. The highest BCUT2D eigenvalue weighted by atomic mass is 16.5. The van der Waals surface area contributed by atoms with Gasteiger partial charge in [-0.3, -0.25) is 14.8 Å². The van der Waals surface area contributed by atoms with Crippen LogP contribution in [0.5, 0.6) is 0 Å². The van der Waals surface area contributed by atoms with Gasteiger partial charge in [0.1, 0.15) is 6.10 Å². The van der Waals surface area contributed by atoms with E-state index in [9.17, 15) is 14.4 Å². The van der Waals surface area contributed by atoms with Gasteiger partial charge in [-0.15, -0.1) is 6.58 Å². The van der Waals surface area contributed by atoms with Crippen molar-refractivity contribution in [1.29, 1.82) is 0 Å². The Morgan fingerprint density at radius 3 is 2.32 bits per heavy atom. The van der Waals surface area contributed by atoms with E-state index in [0.717, 1.165) is 25.7 Å². The van der Waals surface area contributed by atoms with Crippen molar-refractivity contribution in [3.05, 3.63) is 48.6 Å². The Morgan fingerprint density at radius 2 is 1.77 bits per heavy atom. The molecule has 31 heavy (non-hydrogen) atoms. The van der Waals surface area contributed by atoms with E-state index in [1.807, 2.05) is 19.9 Å². The van der Waals surface area contributed by atoms with Crippen LogP contribution in [0.15, 0.2) is 43.0 Å². The van der Waals surface area contributed by atoms with E-state index in [1.165, 1.54) is 0 Å². The Bertz CT molecular complexity index is 744. The Kier molecular flexibility index (Phi) is 9.72. The van der Waals surface area contributed by atoms with E-state index in [0.29, 0.717) is 12.0 Å². The maximum absolute atomic E-state index is 13.3. The maximum Gasteiger partial charge on any atom is 0.333 e. The molecule has 0 heterocycles. The first-order valence-corrected chi connectivity index (χ1v) is 11.0. The van der Waals surface area contributed by atoms with E-state index in [1.54, 1.807) is 35.8 Å². The third kappa shape index (κ3) is 7.21. The average molecular weight is 431 g/mol. The minimum atomic E-state index is -0.967. The molecule has 0 aliphatic heterocycles. The number of nitrogens with one attached hydrogen (secondary N) is 2. The molecule has 0 spiro atoms. The summed E-state index contributed by atoms with van der Waals surface area (Å²) in [5.74, 6) is -2.99. The van der Waals surface area contributed by atoms with E-state index in [-0.39, 0.29) is 18.4 Å². The van der Waals surface area contributed by atoms with Gasteiger partial charge in [0.15, 0.2) is 6.04 Å². The van der Waals surface area contributed by atoms with Crippen LogP contribution in [0.4, 0.5) is 0 Å². The van der Waals surface area contributed by atoms with Crippen LogP contribution in [-0.4, -0.2) is 29.1 Å². The molecule has 170 valence electrons. The fourth-order valence-electron chi connectivity index (χ4n) is 4.09. The second kappa shape index (κ2) is 12.2. The van der Waals surface area contributed by atoms with Crippen LogP contribution < -0.4 is 10.8 Å². The normalized spacial score (nSPS) is 16.9. The SMILES string of the molecule is C=CC[C@H](C(=O)NO)[C@@H](CC(C)C)C(=O)NC(C(=O)OC1CCCC1)c1ccccc1. The Balaban J connectivity index is 2.27. The Labute approximate surface area is 184 Å². The van der Waals surface area contributed by atoms with Crippen molar-refractivity contribution in [2.45, 2.75) is 64.5 Å². The van der Waals surface area contributed by atoms with E-state index >= 15 is 0 Å². The minimum Gasteiger partial charge on any atom is -0.461 e. The number of hydrogen-bond donors (Lipinski definition) is 3. The van der Waals surface area contributed by atoms with Crippen molar-refractivity contribution in [3.8, 4) is 0 Å². The third-order valence-electron chi connectivity index (χ3n) is 5.66. The number of amides is 2. The molecule has 7 nitrogen and oxygen atoms in total. The molecule has 2 rings (SSSR count). The number of carbonyl (C=O) groups is 3. The lowest BCUT2D eigenvalue weighted by Gasteiger charge is -2.28. The molecule has 7 heteroatoms. The quantitative estimate of drug-likeness (QED) is 0.215. The maximum atomic E-state index is 13.3. The van der Waals surface area contributed by atoms with Crippen LogP contribution >= 0.6 is 0 Å². The highest BCUT2D eigenvalue weighted by molar-refractivity contribution is 5.90. The van der Waals surface area contributed by atoms with Crippen LogP contribution in [-0.2, 0) is 19.1 Å². The van der Waals surface area contributed by atoms with Gasteiger partial charge in [-0.1, -0.05) is 50.3 Å². The fourth-order valence-corrected chi connectivity index (χ4v) is 4.09. The van der Waals surface area contributed by atoms with Gasteiger partial charge in [0.2, 0.25) is 11.8 Å². The van der Waals surface area contributed by atoms with E-state index < -0.39 is 35.7 Å². The summed E-state index contributed by atoms with van der Waals surface area (Å²) in [6, 6.07) is 7.98. The molecule has 0 bridgehead atoms. The molecule has 1 fully saturated rings. The molecular weight excluding hydrogens is 396 g/mol. The first kappa shape index (κ1) is 24.6. The molecule has 1 unspecified atom stereocenters. The number of allylic oxidation sites excluding steroid dienone is 1. The minimum absolute atomic E-state index is 0.121. The molecule has 1 aliphatic rings. The average Bonchev–Trinajstić information content (AvgIpc) is 3.27. The predicted octanol–water partition coefficient (Wildman–Crippen LogP) is 3.69. The van der Waals surface area contributed by atoms with Gasteiger partial charge >= 0.3 is 5.97 Å². The monoisotopic (exact) mass is 430 g/mol. The molecule has 1 aromatic rings. The summed E-state index contributed by atoms with van der Waals surface area (Å²) < 4.78 is 5.68. The number of ether oxygens (including phenoxy) is 1. The first-order chi connectivity index (χ1) is 14.9. The topological polar surface area (TPSA) is 105 Å². The number of benzene rings is 1. The van der Waals surface area contributed by atoms with Crippen LogP contribution in [0.3, 0.4) is 0 Å². The third-order valence-corrected chi connectivity index (χ3v) is 5.66. The molecule has 1 saturated carbocycles. The second-order valence-electron chi connectivity index (χ2n) is 8.54. The summed E-state index contributed by atoms with van der Waals surface area (Å²) in [5, 5.41) is 12.0. The van der Waals surface area contributed by atoms with Crippen molar-refractivity contribution in [2.24, 2.45) is 17.8 Å². The van der Waals surface area contributed by atoms with Gasteiger partial charge in [0, 0.05) is 0 Å². The lowest BCUT2D eigenvalue weighted by atomic mass is 9.82. The lowest BCUT2D eigenvalue weighted by Crippen LogP contribution is -2.45. The van der Waals surface area contributed by atoms with Gasteiger partial charge in [0.25, 0.3) is 0 Å². The largest absolute Gasteiger partial charge is 0.461 e. The second-order valence-corrected chi connectivity index (χ2v) is 8.54. The molecule has 1 aliphatic carbocycles. The number of esters is 1. The van der Waals surface area contributed by atoms with Crippen molar-refractivity contribution >= 4 is 17.8 Å². The van der Waals surface area contributed by atoms with Crippen LogP contribution in [0.25, 0.3) is 0 Å². The Morgan fingerprint density at radius 1 is 1.13 bits per heavy atom. The highest BCUT2D eigenvalue weighted by Gasteiger charge is 2.36.